The van der Waals surface area contributed by atoms with E-state index in [1.54, 1.807) is 18.2 Å². The van der Waals surface area contributed by atoms with Gasteiger partial charge in [-0.2, -0.15) is 0 Å². The summed E-state index contributed by atoms with van der Waals surface area (Å²) in [6.45, 7) is 1.08. The van der Waals surface area contributed by atoms with Crippen LogP contribution in [0, 0.1) is 5.82 Å². The van der Waals surface area contributed by atoms with E-state index in [-0.39, 0.29) is 29.9 Å². The lowest BCUT2D eigenvalue weighted by Gasteiger charge is -2.12. The molecule has 0 aromatic heterocycles. The van der Waals surface area contributed by atoms with Gasteiger partial charge in [0.15, 0.2) is 0 Å². The van der Waals surface area contributed by atoms with Crippen LogP contribution in [0.25, 0.3) is 0 Å². The molecule has 27 heavy (non-hydrogen) atoms. The molecular formula is C19H22FN3O3S. The Morgan fingerprint density at radius 3 is 2.56 bits per heavy atom. The molecule has 6 nitrogen and oxygen atoms in total. The summed E-state index contributed by atoms with van der Waals surface area (Å²) < 4.78 is 40.6. The number of hydrogen-bond acceptors (Lipinski definition) is 4. The van der Waals surface area contributed by atoms with Crippen LogP contribution < -0.4 is 15.4 Å². The first-order valence-corrected chi connectivity index (χ1v) is 10.3. The number of sulfonamides is 1. The number of carbonyl (C=O) groups excluding carboxylic acids is 1. The van der Waals surface area contributed by atoms with Gasteiger partial charge in [-0.05, 0) is 54.8 Å². The Morgan fingerprint density at radius 1 is 1.11 bits per heavy atom. The van der Waals surface area contributed by atoms with E-state index in [1.165, 1.54) is 30.3 Å². The monoisotopic (exact) mass is 391 g/mol. The second-order valence-electron chi connectivity index (χ2n) is 6.47. The highest BCUT2D eigenvalue weighted by Crippen LogP contribution is 2.13. The van der Waals surface area contributed by atoms with Crippen molar-refractivity contribution in [2.75, 3.05) is 6.54 Å². The molecule has 1 heterocycles. The normalized spacial score (nSPS) is 17.0. The number of amides is 1. The molecule has 2 aromatic rings. The standard InChI is InChI=1S/C19H22FN3O3S/c20-16-6-1-4-14(10-16)13-23-27(25,26)17-7-2-5-15(11-17)12-22-19(24)18-8-3-9-21-18/h1-2,4-7,10-11,18,21,23H,3,8-9,12-13H2,(H,22,24). The Bertz CT molecular complexity index is 912. The molecule has 0 aliphatic carbocycles. The smallest absolute Gasteiger partial charge is 0.240 e. The van der Waals surface area contributed by atoms with Crippen LogP contribution in [0.2, 0.25) is 0 Å². The molecule has 1 aliphatic heterocycles. The molecule has 144 valence electrons. The first-order chi connectivity index (χ1) is 12.9. The van der Waals surface area contributed by atoms with E-state index < -0.39 is 15.8 Å². The van der Waals surface area contributed by atoms with Crippen molar-refractivity contribution < 1.29 is 17.6 Å². The van der Waals surface area contributed by atoms with Crippen LogP contribution >= 0.6 is 0 Å². The molecule has 1 fully saturated rings. The van der Waals surface area contributed by atoms with Gasteiger partial charge in [-0.25, -0.2) is 17.5 Å². The summed E-state index contributed by atoms with van der Waals surface area (Å²) in [6, 6.07) is 12.0. The average Bonchev–Trinajstić information content (AvgIpc) is 3.20. The van der Waals surface area contributed by atoms with Gasteiger partial charge in [-0.1, -0.05) is 24.3 Å². The number of rotatable bonds is 7. The Hall–Kier alpha value is -2.29. The fourth-order valence-corrected chi connectivity index (χ4v) is 4.04. The summed E-state index contributed by atoms with van der Waals surface area (Å²) in [5.74, 6) is -0.494. The minimum Gasteiger partial charge on any atom is -0.351 e. The SMILES string of the molecule is O=C(NCc1cccc(S(=O)(=O)NCc2cccc(F)c2)c1)C1CCCN1. The predicted molar refractivity (Wildman–Crippen MR) is 99.7 cm³/mol. The van der Waals surface area contributed by atoms with Crippen molar-refractivity contribution in [3.8, 4) is 0 Å². The Kier molecular flexibility index (Phi) is 6.20. The second kappa shape index (κ2) is 8.60. The van der Waals surface area contributed by atoms with Gasteiger partial charge in [-0.3, -0.25) is 4.79 Å². The number of carbonyl (C=O) groups is 1. The van der Waals surface area contributed by atoms with Crippen molar-refractivity contribution in [1.82, 2.24) is 15.4 Å². The molecule has 0 bridgehead atoms. The first-order valence-electron chi connectivity index (χ1n) is 8.78. The van der Waals surface area contributed by atoms with E-state index in [2.05, 4.69) is 15.4 Å². The maximum absolute atomic E-state index is 13.2. The molecule has 1 aliphatic rings. The van der Waals surface area contributed by atoms with E-state index >= 15 is 0 Å². The largest absolute Gasteiger partial charge is 0.351 e. The maximum Gasteiger partial charge on any atom is 0.240 e. The van der Waals surface area contributed by atoms with Crippen LogP contribution in [0.5, 0.6) is 0 Å². The van der Waals surface area contributed by atoms with Gasteiger partial charge in [0.05, 0.1) is 10.9 Å². The van der Waals surface area contributed by atoms with Crippen molar-refractivity contribution in [3.63, 3.8) is 0 Å². The van der Waals surface area contributed by atoms with E-state index in [9.17, 15) is 17.6 Å². The first kappa shape index (κ1) is 19.5. The molecule has 0 saturated carbocycles. The van der Waals surface area contributed by atoms with Gasteiger partial charge in [0.2, 0.25) is 15.9 Å². The van der Waals surface area contributed by atoms with Crippen molar-refractivity contribution in [3.05, 3.63) is 65.5 Å². The van der Waals surface area contributed by atoms with Crippen molar-refractivity contribution in [1.29, 1.82) is 0 Å². The molecule has 1 unspecified atom stereocenters. The van der Waals surface area contributed by atoms with Crippen LogP contribution in [0.1, 0.15) is 24.0 Å². The number of nitrogens with one attached hydrogen (secondary N) is 3. The Balaban J connectivity index is 1.61. The van der Waals surface area contributed by atoms with Crippen LogP contribution in [0.15, 0.2) is 53.4 Å². The van der Waals surface area contributed by atoms with E-state index in [4.69, 9.17) is 0 Å². The Morgan fingerprint density at radius 2 is 1.85 bits per heavy atom. The molecule has 3 N–H and O–H groups in total. The summed E-state index contributed by atoms with van der Waals surface area (Å²) >= 11 is 0. The molecule has 1 saturated heterocycles. The quantitative estimate of drug-likeness (QED) is 0.670. The fraction of sp³-hybridized carbons (Fsp3) is 0.316. The van der Waals surface area contributed by atoms with Crippen molar-refractivity contribution >= 4 is 15.9 Å². The molecule has 1 atom stereocenters. The highest BCUT2D eigenvalue weighted by Gasteiger charge is 2.21. The lowest BCUT2D eigenvalue weighted by atomic mass is 10.2. The molecule has 2 aromatic carbocycles. The molecule has 0 radical (unpaired) electrons. The number of halogens is 1. The highest BCUT2D eigenvalue weighted by atomic mass is 32.2. The summed E-state index contributed by atoms with van der Waals surface area (Å²) in [7, 11) is -3.75. The minimum atomic E-state index is -3.75. The van der Waals surface area contributed by atoms with Gasteiger partial charge in [0.25, 0.3) is 0 Å². The molecule has 1 amide bonds. The third-order valence-corrected chi connectivity index (χ3v) is 5.81. The summed E-state index contributed by atoms with van der Waals surface area (Å²) in [4.78, 5) is 12.2. The number of hydrogen-bond donors (Lipinski definition) is 3. The molecule has 8 heteroatoms. The lowest BCUT2D eigenvalue weighted by molar-refractivity contribution is -0.122. The van der Waals surface area contributed by atoms with Gasteiger partial charge in [-0.15, -0.1) is 0 Å². The minimum absolute atomic E-state index is 0.00555. The summed E-state index contributed by atoms with van der Waals surface area (Å²) in [5.41, 5.74) is 1.22. The lowest BCUT2D eigenvalue weighted by Crippen LogP contribution is -2.40. The predicted octanol–water partition coefficient (Wildman–Crippen LogP) is 1.67. The van der Waals surface area contributed by atoms with Crippen molar-refractivity contribution in [2.24, 2.45) is 0 Å². The maximum atomic E-state index is 13.2. The zero-order chi connectivity index (χ0) is 19.3. The van der Waals surface area contributed by atoms with E-state index in [1.807, 2.05) is 0 Å². The van der Waals surface area contributed by atoms with Gasteiger partial charge in [0, 0.05) is 13.1 Å². The Labute approximate surface area is 158 Å². The fourth-order valence-electron chi connectivity index (χ4n) is 2.95. The van der Waals surface area contributed by atoms with Crippen LogP contribution in [0.3, 0.4) is 0 Å². The summed E-state index contributed by atoms with van der Waals surface area (Å²) in [5, 5.41) is 5.95. The second-order valence-corrected chi connectivity index (χ2v) is 8.24. The van der Waals surface area contributed by atoms with Crippen LogP contribution in [-0.4, -0.2) is 26.9 Å². The van der Waals surface area contributed by atoms with E-state index in [0.29, 0.717) is 11.1 Å². The van der Waals surface area contributed by atoms with Crippen LogP contribution in [-0.2, 0) is 27.9 Å². The average molecular weight is 391 g/mol. The topological polar surface area (TPSA) is 87.3 Å². The zero-order valence-electron chi connectivity index (χ0n) is 14.7. The van der Waals surface area contributed by atoms with Gasteiger partial charge < -0.3 is 10.6 Å². The third kappa shape index (κ3) is 5.35. The third-order valence-electron chi connectivity index (χ3n) is 4.41. The van der Waals surface area contributed by atoms with Crippen LogP contribution in [0.4, 0.5) is 4.39 Å². The highest BCUT2D eigenvalue weighted by molar-refractivity contribution is 7.89. The van der Waals surface area contributed by atoms with Gasteiger partial charge >= 0.3 is 0 Å². The summed E-state index contributed by atoms with van der Waals surface area (Å²) in [6.07, 6.45) is 1.78. The van der Waals surface area contributed by atoms with Crippen molar-refractivity contribution in [2.45, 2.75) is 36.9 Å². The van der Waals surface area contributed by atoms with E-state index in [0.717, 1.165) is 19.4 Å². The molecule has 3 rings (SSSR count). The van der Waals surface area contributed by atoms with Gasteiger partial charge in [0.1, 0.15) is 5.82 Å². The molecule has 0 spiro atoms. The number of benzene rings is 2. The zero-order valence-corrected chi connectivity index (χ0v) is 15.6. The molecular weight excluding hydrogens is 369 g/mol.